The molecule has 0 spiro atoms. The second kappa shape index (κ2) is 10.0. The minimum Gasteiger partial charge on any atom is -0.388 e. The average molecular weight is 437 g/mol. The molecular weight excluding hydrogens is 408 g/mol. The number of hydrogen-bond donors (Lipinski definition) is 2. The van der Waals surface area contributed by atoms with Gasteiger partial charge in [-0.3, -0.25) is 4.98 Å². The van der Waals surface area contributed by atoms with Crippen LogP contribution in [0, 0.1) is 11.3 Å². The summed E-state index contributed by atoms with van der Waals surface area (Å²) in [4.78, 5) is 11.0. The van der Waals surface area contributed by atoms with Gasteiger partial charge < -0.3 is 15.5 Å². The van der Waals surface area contributed by atoms with Crippen molar-refractivity contribution in [2.45, 2.75) is 19.3 Å². The Morgan fingerprint density at radius 3 is 2.52 bits per heavy atom. The number of anilines is 3. The molecule has 33 heavy (non-hydrogen) atoms. The molecule has 166 valence electrons. The first-order valence-electron chi connectivity index (χ1n) is 11.1. The normalized spacial score (nSPS) is 13.2. The van der Waals surface area contributed by atoms with E-state index in [0.717, 1.165) is 46.7 Å². The number of allylic oxidation sites excluding steroid dienone is 1. The number of benzene rings is 1. The van der Waals surface area contributed by atoms with Gasteiger partial charge in [0.15, 0.2) is 0 Å². The number of hydrogen-bond acceptors (Lipinski definition) is 6. The highest BCUT2D eigenvalue weighted by molar-refractivity contribution is 5.88. The van der Waals surface area contributed by atoms with Gasteiger partial charge in [-0.05, 0) is 60.7 Å². The largest absolute Gasteiger partial charge is 0.388 e. The first kappa shape index (κ1) is 22.1. The zero-order valence-electron chi connectivity index (χ0n) is 18.9. The summed E-state index contributed by atoms with van der Waals surface area (Å²) < 4.78 is 0. The summed E-state index contributed by atoms with van der Waals surface area (Å²) >= 11 is 0. The van der Waals surface area contributed by atoms with Crippen molar-refractivity contribution in [2.75, 3.05) is 35.7 Å². The van der Waals surface area contributed by atoms with E-state index in [1.165, 1.54) is 24.9 Å². The van der Waals surface area contributed by atoms with E-state index in [1.807, 2.05) is 25.5 Å². The van der Waals surface area contributed by atoms with Gasteiger partial charge in [0.05, 0.1) is 23.8 Å². The van der Waals surface area contributed by atoms with E-state index in [-0.39, 0.29) is 0 Å². The molecule has 0 amide bonds. The van der Waals surface area contributed by atoms with Crippen LogP contribution >= 0.6 is 0 Å². The number of pyridine rings is 2. The van der Waals surface area contributed by atoms with E-state index < -0.39 is 0 Å². The maximum Gasteiger partial charge on any atom is 0.140 e. The highest BCUT2D eigenvalue weighted by atomic mass is 15.1. The van der Waals surface area contributed by atoms with Crippen LogP contribution in [0.1, 0.15) is 30.5 Å². The number of piperidine rings is 1. The molecule has 1 aliphatic heterocycles. The molecule has 0 aliphatic carbocycles. The molecule has 0 bridgehead atoms. The van der Waals surface area contributed by atoms with E-state index in [1.54, 1.807) is 18.3 Å². The summed E-state index contributed by atoms with van der Waals surface area (Å²) in [6, 6.07) is 14.0. The lowest BCUT2D eigenvalue weighted by molar-refractivity contribution is 0.577. The lowest BCUT2D eigenvalue weighted by Gasteiger charge is -2.28. The molecule has 1 aliphatic rings. The molecular formula is C27H28N6. The summed E-state index contributed by atoms with van der Waals surface area (Å²) in [5.74, 6) is 0. The van der Waals surface area contributed by atoms with Gasteiger partial charge in [0, 0.05) is 48.8 Å². The molecule has 2 N–H and O–H groups in total. The maximum absolute atomic E-state index is 8.94. The highest BCUT2D eigenvalue weighted by Gasteiger charge is 2.14. The first-order chi connectivity index (χ1) is 16.1. The number of nitriles is 1. The molecule has 2 aromatic heterocycles. The van der Waals surface area contributed by atoms with Gasteiger partial charge in [-0.2, -0.15) is 5.26 Å². The summed E-state index contributed by atoms with van der Waals surface area (Å²) in [5.41, 5.74) is 7.79. The van der Waals surface area contributed by atoms with E-state index in [0.29, 0.717) is 11.4 Å². The van der Waals surface area contributed by atoms with E-state index in [9.17, 15) is 0 Å². The highest BCUT2D eigenvalue weighted by Crippen LogP contribution is 2.33. The summed E-state index contributed by atoms with van der Waals surface area (Å²) in [6.07, 6.45) is 9.24. The van der Waals surface area contributed by atoms with Gasteiger partial charge in [-0.15, -0.1) is 0 Å². The Bertz CT molecular complexity index is 1200. The minimum absolute atomic E-state index is 0.371. The molecule has 0 radical (unpaired) electrons. The van der Waals surface area contributed by atoms with Crippen molar-refractivity contribution in [1.82, 2.24) is 9.97 Å². The van der Waals surface area contributed by atoms with Gasteiger partial charge in [-0.25, -0.2) is 4.98 Å². The van der Waals surface area contributed by atoms with Gasteiger partial charge in [0.1, 0.15) is 11.8 Å². The second-order valence-electron chi connectivity index (χ2n) is 8.12. The predicted octanol–water partition coefficient (Wildman–Crippen LogP) is 5.69. The molecule has 3 heterocycles. The fraction of sp³-hybridized carbons (Fsp3) is 0.222. The van der Waals surface area contributed by atoms with Crippen molar-refractivity contribution >= 4 is 22.6 Å². The number of rotatable bonds is 7. The number of aromatic nitrogens is 2. The minimum atomic E-state index is 0.371. The fourth-order valence-corrected chi connectivity index (χ4v) is 4.05. The van der Waals surface area contributed by atoms with Gasteiger partial charge in [0.25, 0.3) is 0 Å². The molecule has 4 rings (SSSR count). The van der Waals surface area contributed by atoms with Crippen molar-refractivity contribution in [3.8, 4) is 17.2 Å². The average Bonchev–Trinajstić information content (AvgIpc) is 2.89. The Morgan fingerprint density at radius 2 is 1.82 bits per heavy atom. The van der Waals surface area contributed by atoms with Crippen LogP contribution < -0.4 is 15.5 Å². The first-order valence-corrected chi connectivity index (χ1v) is 11.1. The van der Waals surface area contributed by atoms with Crippen molar-refractivity contribution in [3.05, 3.63) is 85.1 Å². The van der Waals surface area contributed by atoms with Crippen LogP contribution in [0.5, 0.6) is 0 Å². The van der Waals surface area contributed by atoms with Crippen molar-refractivity contribution in [3.63, 3.8) is 0 Å². The molecule has 1 fully saturated rings. The van der Waals surface area contributed by atoms with Crippen LogP contribution in [0.15, 0.2) is 73.8 Å². The Hall–Kier alpha value is -4.11. The molecule has 6 nitrogen and oxygen atoms in total. The lowest BCUT2D eigenvalue weighted by Crippen LogP contribution is -2.29. The van der Waals surface area contributed by atoms with Gasteiger partial charge in [-0.1, -0.05) is 19.2 Å². The molecule has 0 atom stereocenters. The van der Waals surface area contributed by atoms with Crippen LogP contribution in [0.4, 0.5) is 17.1 Å². The Labute approximate surface area is 195 Å². The molecule has 0 saturated carbocycles. The lowest BCUT2D eigenvalue weighted by atomic mass is 9.97. The zero-order valence-corrected chi connectivity index (χ0v) is 18.9. The third-order valence-corrected chi connectivity index (χ3v) is 5.93. The van der Waals surface area contributed by atoms with Crippen molar-refractivity contribution in [1.29, 1.82) is 5.26 Å². The van der Waals surface area contributed by atoms with Crippen LogP contribution in [-0.2, 0) is 0 Å². The quantitative estimate of drug-likeness (QED) is 0.464. The predicted molar refractivity (Wildman–Crippen MR) is 136 cm³/mol. The monoisotopic (exact) mass is 436 g/mol. The summed E-state index contributed by atoms with van der Waals surface area (Å²) in [5, 5.41) is 15.4. The molecule has 3 aromatic rings. The Morgan fingerprint density at radius 1 is 1.00 bits per heavy atom. The molecule has 1 aromatic carbocycles. The van der Waals surface area contributed by atoms with E-state index >= 15 is 0 Å². The van der Waals surface area contributed by atoms with Crippen LogP contribution in [0.3, 0.4) is 0 Å². The summed E-state index contributed by atoms with van der Waals surface area (Å²) in [7, 11) is 1.89. The SMILES string of the molecule is C=C(Nc1ccc(C#N)nc1)C(=C)c1cc(-c2cncc(N3CCCCC3)c2)ccc1NC. The Kier molecular flexibility index (Phi) is 6.70. The van der Waals surface area contributed by atoms with Crippen LogP contribution in [0.2, 0.25) is 0 Å². The third kappa shape index (κ3) is 5.04. The maximum atomic E-state index is 8.94. The summed E-state index contributed by atoms with van der Waals surface area (Å²) in [6.45, 7) is 10.6. The van der Waals surface area contributed by atoms with E-state index in [4.69, 9.17) is 5.26 Å². The van der Waals surface area contributed by atoms with Gasteiger partial charge >= 0.3 is 0 Å². The van der Waals surface area contributed by atoms with Crippen LogP contribution in [-0.4, -0.2) is 30.1 Å². The third-order valence-electron chi connectivity index (χ3n) is 5.93. The second-order valence-corrected chi connectivity index (χ2v) is 8.12. The van der Waals surface area contributed by atoms with E-state index in [2.05, 4.69) is 62.9 Å². The molecule has 1 saturated heterocycles. The number of nitrogens with one attached hydrogen (secondary N) is 2. The smallest absolute Gasteiger partial charge is 0.140 e. The van der Waals surface area contributed by atoms with Crippen molar-refractivity contribution < 1.29 is 0 Å². The number of nitrogens with zero attached hydrogens (tertiary/aromatic N) is 4. The zero-order chi connectivity index (χ0) is 23.2. The van der Waals surface area contributed by atoms with Crippen molar-refractivity contribution in [2.24, 2.45) is 0 Å². The topological polar surface area (TPSA) is 76.9 Å². The van der Waals surface area contributed by atoms with Gasteiger partial charge in [0.2, 0.25) is 0 Å². The molecule has 6 heteroatoms. The fourth-order valence-electron chi connectivity index (χ4n) is 4.05. The van der Waals surface area contributed by atoms with Crippen LogP contribution in [0.25, 0.3) is 16.7 Å². The standard InChI is InChI=1S/C27H28N6/c1-19(20(2)32-24-9-8-23(15-28)31-17-24)26-14-21(7-10-27(26)29-3)22-13-25(18-30-16-22)33-11-5-4-6-12-33/h7-10,13-14,16-18,29,32H,1-2,4-6,11-12H2,3H3. The molecule has 0 unspecified atom stereocenters. The Balaban J connectivity index is 1.59.